The predicted molar refractivity (Wildman–Crippen MR) is 91.6 cm³/mol. The lowest BCUT2D eigenvalue weighted by Crippen LogP contribution is -2.26. The predicted octanol–water partition coefficient (Wildman–Crippen LogP) is 3.74. The van der Waals surface area contributed by atoms with Gasteiger partial charge in [0.05, 0.1) is 6.61 Å². The van der Waals surface area contributed by atoms with E-state index >= 15 is 0 Å². The Morgan fingerprint density at radius 2 is 1.96 bits per heavy atom. The summed E-state index contributed by atoms with van der Waals surface area (Å²) < 4.78 is 46.0. The van der Waals surface area contributed by atoms with E-state index in [0.29, 0.717) is 24.6 Å². The summed E-state index contributed by atoms with van der Waals surface area (Å²) >= 11 is 0. The Morgan fingerprint density at radius 1 is 1.19 bits per heavy atom. The molecule has 1 fully saturated rings. The summed E-state index contributed by atoms with van der Waals surface area (Å²) in [4.78, 5) is 16.1. The van der Waals surface area contributed by atoms with Crippen LogP contribution in [-0.4, -0.2) is 30.4 Å². The van der Waals surface area contributed by atoms with E-state index < -0.39 is 6.36 Å². The largest absolute Gasteiger partial charge is 0.573 e. The molecule has 144 valence electrons. The first-order chi connectivity index (χ1) is 12.9. The van der Waals surface area contributed by atoms with Gasteiger partial charge in [-0.05, 0) is 42.5 Å². The molecule has 2 aromatic rings. The van der Waals surface area contributed by atoms with Crippen molar-refractivity contribution in [2.24, 2.45) is 5.92 Å². The average molecular weight is 380 g/mol. The fourth-order valence-electron chi connectivity index (χ4n) is 2.40. The normalized spacial score (nSPS) is 13.9. The number of halogens is 3. The van der Waals surface area contributed by atoms with E-state index in [2.05, 4.69) is 15.0 Å². The molecule has 1 heterocycles. The van der Waals surface area contributed by atoms with Crippen LogP contribution in [0.4, 0.5) is 13.2 Å². The van der Waals surface area contributed by atoms with Crippen molar-refractivity contribution in [1.82, 2.24) is 10.3 Å². The minimum atomic E-state index is -4.74. The van der Waals surface area contributed by atoms with Gasteiger partial charge in [-0.3, -0.25) is 9.78 Å². The minimum absolute atomic E-state index is 0.189. The summed E-state index contributed by atoms with van der Waals surface area (Å²) in [6.07, 6.45) is -0.313. The summed E-state index contributed by atoms with van der Waals surface area (Å²) in [7, 11) is 0. The van der Waals surface area contributed by atoms with Gasteiger partial charge in [-0.1, -0.05) is 12.1 Å². The van der Waals surface area contributed by atoms with Gasteiger partial charge in [-0.25, -0.2) is 0 Å². The van der Waals surface area contributed by atoms with Crippen LogP contribution in [-0.2, 0) is 6.42 Å². The molecule has 1 aliphatic carbocycles. The fraction of sp³-hybridized carbons (Fsp3) is 0.368. The second kappa shape index (κ2) is 8.28. The number of hydrogen-bond donors (Lipinski definition) is 1. The summed E-state index contributed by atoms with van der Waals surface area (Å²) in [5, 5.41) is 2.85. The molecule has 27 heavy (non-hydrogen) atoms. The molecule has 1 saturated carbocycles. The van der Waals surface area contributed by atoms with Crippen molar-refractivity contribution in [3.8, 4) is 11.5 Å². The first-order valence-corrected chi connectivity index (χ1v) is 8.61. The molecule has 5 nitrogen and oxygen atoms in total. The molecular formula is C19H19F3N2O3. The van der Waals surface area contributed by atoms with E-state index in [1.54, 1.807) is 24.4 Å². The van der Waals surface area contributed by atoms with Gasteiger partial charge in [0, 0.05) is 25.2 Å². The second-order valence-corrected chi connectivity index (χ2v) is 6.33. The number of nitrogens with one attached hydrogen (secondary N) is 1. The van der Waals surface area contributed by atoms with Gasteiger partial charge < -0.3 is 14.8 Å². The van der Waals surface area contributed by atoms with Crippen molar-refractivity contribution in [2.45, 2.75) is 25.6 Å². The monoisotopic (exact) mass is 380 g/mol. The minimum Gasteiger partial charge on any atom is -0.493 e. The molecule has 0 spiro atoms. The maximum absolute atomic E-state index is 12.2. The molecule has 1 aromatic carbocycles. The van der Waals surface area contributed by atoms with Crippen LogP contribution in [0.5, 0.6) is 11.5 Å². The Labute approximate surface area is 154 Å². The third-order valence-electron chi connectivity index (χ3n) is 4.00. The second-order valence-electron chi connectivity index (χ2n) is 6.33. The lowest BCUT2D eigenvalue weighted by Gasteiger charge is -2.11. The summed E-state index contributed by atoms with van der Waals surface area (Å²) in [6, 6.07) is 8.79. The molecule has 8 heteroatoms. The smallest absolute Gasteiger partial charge is 0.493 e. The zero-order valence-electron chi connectivity index (χ0n) is 14.5. The average Bonchev–Trinajstić information content (AvgIpc) is 3.44. The van der Waals surface area contributed by atoms with Crippen LogP contribution < -0.4 is 14.8 Å². The van der Waals surface area contributed by atoms with E-state index in [-0.39, 0.29) is 24.0 Å². The first-order valence-electron chi connectivity index (χ1n) is 8.61. The van der Waals surface area contributed by atoms with Crippen LogP contribution in [0.15, 0.2) is 42.6 Å². The van der Waals surface area contributed by atoms with Crippen LogP contribution in [0, 0.1) is 5.92 Å². The number of benzene rings is 1. The standard InChI is InChI=1S/C19H19F3N2O3/c20-19(21,22)27-16-3-1-2-15(10-16)26-9-8-14-6-7-17(23-11-14)18(25)24-12-13-4-5-13/h1-3,6-7,10-11,13H,4-5,8-9,12H2,(H,24,25). The maximum Gasteiger partial charge on any atom is 0.573 e. The number of ether oxygens (including phenoxy) is 2. The molecule has 0 aliphatic heterocycles. The molecule has 0 saturated heterocycles. The topological polar surface area (TPSA) is 60.5 Å². The quantitative estimate of drug-likeness (QED) is 0.758. The van der Waals surface area contributed by atoms with Crippen LogP contribution in [0.2, 0.25) is 0 Å². The number of aromatic nitrogens is 1. The van der Waals surface area contributed by atoms with E-state index in [4.69, 9.17) is 4.74 Å². The third-order valence-corrected chi connectivity index (χ3v) is 4.00. The molecule has 0 unspecified atom stereocenters. The number of amides is 1. The lowest BCUT2D eigenvalue weighted by molar-refractivity contribution is -0.274. The first kappa shape index (κ1) is 19.0. The van der Waals surface area contributed by atoms with E-state index in [1.165, 1.54) is 18.2 Å². The SMILES string of the molecule is O=C(NCC1CC1)c1ccc(CCOc2cccc(OC(F)(F)F)c2)cn1. The highest BCUT2D eigenvalue weighted by molar-refractivity contribution is 5.92. The van der Waals surface area contributed by atoms with Crippen LogP contribution in [0.3, 0.4) is 0 Å². The molecular weight excluding hydrogens is 361 g/mol. The fourth-order valence-corrected chi connectivity index (χ4v) is 2.40. The number of rotatable bonds is 8. The highest BCUT2D eigenvalue weighted by atomic mass is 19.4. The van der Waals surface area contributed by atoms with Crippen molar-refractivity contribution in [3.63, 3.8) is 0 Å². The Hall–Kier alpha value is -2.77. The molecule has 0 radical (unpaired) electrons. The zero-order valence-corrected chi connectivity index (χ0v) is 14.5. The van der Waals surface area contributed by atoms with E-state index in [0.717, 1.165) is 18.4 Å². The molecule has 0 bridgehead atoms. The highest BCUT2D eigenvalue weighted by Crippen LogP contribution is 2.27. The van der Waals surface area contributed by atoms with Gasteiger partial charge in [0.25, 0.3) is 5.91 Å². The lowest BCUT2D eigenvalue weighted by atomic mass is 10.2. The van der Waals surface area contributed by atoms with Crippen molar-refractivity contribution in [1.29, 1.82) is 0 Å². The Kier molecular flexibility index (Phi) is 5.83. The van der Waals surface area contributed by atoms with Crippen molar-refractivity contribution >= 4 is 5.91 Å². The van der Waals surface area contributed by atoms with Gasteiger partial charge in [0.1, 0.15) is 17.2 Å². The number of nitrogens with zero attached hydrogens (tertiary/aromatic N) is 1. The van der Waals surface area contributed by atoms with Gasteiger partial charge in [-0.15, -0.1) is 13.2 Å². The number of carbonyl (C=O) groups is 1. The van der Waals surface area contributed by atoms with Crippen LogP contribution >= 0.6 is 0 Å². The van der Waals surface area contributed by atoms with Gasteiger partial charge in [-0.2, -0.15) is 0 Å². The summed E-state index contributed by atoms with van der Waals surface area (Å²) in [5.74, 6) is 0.362. The summed E-state index contributed by atoms with van der Waals surface area (Å²) in [6.45, 7) is 0.942. The number of carbonyl (C=O) groups excluding carboxylic acids is 1. The van der Waals surface area contributed by atoms with E-state index in [9.17, 15) is 18.0 Å². The highest BCUT2D eigenvalue weighted by Gasteiger charge is 2.31. The van der Waals surface area contributed by atoms with Gasteiger partial charge >= 0.3 is 6.36 Å². The molecule has 1 aliphatic rings. The van der Waals surface area contributed by atoms with Gasteiger partial charge in [0.15, 0.2) is 0 Å². The Bertz CT molecular complexity index is 775. The molecule has 1 aromatic heterocycles. The van der Waals surface area contributed by atoms with Gasteiger partial charge in [0.2, 0.25) is 0 Å². The third kappa shape index (κ3) is 6.47. The Balaban J connectivity index is 1.46. The van der Waals surface area contributed by atoms with Crippen molar-refractivity contribution in [2.75, 3.05) is 13.2 Å². The van der Waals surface area contributed by atoms with Crippen molar-refractivity contribution < 1.29 is 27.4 Å². The molecule has 3 rings (SSSR count). The van der Waals surface area contributed by atoms with E-state index in [1.807, 2.05) is 0 Å². The molecule has 1 N–H and O–H groups in total. The summed E-state index contributed by atoms with van der Waals surface area (Å²) in [5.41, 5.74) is 1.22. The number of alkyl halides is 3. The maximum atomic E-state index is 12.2. The Morgan fingerprint density at radius 3 is 2.63 bits per heavy atom. The molecule has 1 amide bonds. The zero-order chi connectivity index (χ0) is 19.3. The molecule has 0 atom stereocenters. The van der Waals surface area contributed by atoms with Crippen molar-refractivity contribution in [3.05, 3.63) is 53.9 Å². The van der Waals surface area contributed by atoms with Crippen LogP contribution in [0.1, 0.15) is 28.9 Å². The number of hydrogen-bond acceptors (Lipinski definition) is 4. The number of pyridine rings is 1. The van der Waals surface area contributed by atoms with Crippen LogP contribution in [0.25, 0.3) is 0 Å².